The van der Waals surface area contributed by atoms with Crippen molar-refractivity contribution >= 4 is 23.7 Å². The van der Waals surface area contributed by atoms with Gasteiger partial charge in [0.1, 0.15) is 0 Å². The normalized spacial score (nSPS) is 19.1. The Morgan fingerprint density at radius 1 is 1.60 bits per heavy atom. The Kier molecular flexibility index (Phi) is 3.47. The van der Waals surface area contributed by atoms with Gasteiger partial charge in [-0.25, -0.2) is 4.99 Å². The van der Waals surface area contributed by atoms with Crippen LogP contribution in [0.4, 0.5) is 0 Å². The van der Waals surface area contributed by atoms with Gasteiger partial charge in [-0.2, -0.15) is 0 Å². The minimum absolute atomic E-state index is 0.222. The fraction of sp³-hybridized carbons (Fsp3) is 0.300. The van der Waals surface area contributed by atoms with Crippen LogP contribution in [0.3, 0.4) is 0 Å². The highest BCUT2D eigenvalue weighted by atomic mass is 32.2. The summed E-state index contributed by atoms with van der Waals surface area (Å²) in [5.41, 5.74) is 1.42. The fourth-order valence-electron chi connectivity index (χ4n) is 1.19. The molecule has 2 heterocycles. The summed E-state index contributed by atoms with van der Waals surface area (Å²) in [6.07, 6.45) is 3.89. The molecular weight excluding hydrogens is 212 g/mol. The van der Waals surface area contributed by atoms with Crippen molar-refractivity contribution in [3.63, 3.8) is 0 Å². The van der Waals surface area contributed by atoms with E-state index in [4.69, 9.17) is 4.18 Å². The van der Waals surface area contributed by atoms with Crippen molar-refractivity contribution in [3.8, 4) is 0 Å². The van der Waals surface area contributed by atoms with Crippen LogP contribution in [0.25, 0.3) is 0 Å². The highest BCUT2D eigenvalue weighted by molar-refractivity contribution is 7.95. The summed E-state index contributed by atoms with van der Waals surface area (Å²) in [7, 11) is 0. The molecule has 0 N–H and O–H groups in total. The summed E-state index contributed by atoms with van der Waals surface area (Å²) in [6, 6.07) is 3.44. The van der Waals surface area contributed by atoms with Crippen molar-refractivity contribution in [1.29, 1.82) is 0 Å². The lowest BCUT2D eigenvalue weighted by atomic mass is 10.2. The molecule has 1 amide bonds. The number of carbonyl (C=O) groups excluding carboxylic acids is 1. The molecule has 0 radical (unpaired) electrons. The van der Waals surface area contributed by atoms with E-state index >= 15 is 0 Å². The number of carbonyl (C=O) groups is 1. The van der Waals surface area contributed by atoms with Crippen LogP contribution in [0.15, 0.2) is 29.5 Å². The third-order valence-corrected chi connectivity index (χ3v) is 2.74. The van der Waals surface area contributed by atoms with E-state index in [-0.39, 0.29) is 5.91 Å². The van der Waals surface area contributed by atoms with Crippen LogP contribution in [-0.2, 0) is 4.18 Å². The average molecular weight is 222 g/mol. The number of nitrogens with zero attached hydrogens (tertiary/aromatic N) is 2. The van der Waals surface area contributed by atoms with Crippen LogP contribution in [0.2, 0.25) is 0 Å². The van der Waals surface area contributed by atoms with Crippen LogP contribution in [0.1, 0.15) is 16.8 Å². The predicted octanol–water partition coefficient (Wildman–Crippen LogP) is 1.73. The quantitative estimate of drug-likeness (QED) is 0.679. The van der Waals surface area contributed by atoms with Crippen LogP contribution in [0, 0.1) is 0 Å². The molecule has 0 atom stereocenters. The van der Waals surface area contributed by atoms with Gasteiger partial charge in [0.05, 0.1) is 17.9 Å². The molecule has 0 unspecified atom stereocenters. The first kappa shape index (κ1) is 10.3. The molecule has 1 aliphatic heterocycles. The summed E-state index contributed by atoms with van der Waals surface area (Å²) >= 11 is 1.34. The van der Waals surface area contributed by atoms with E-state index in [0.29, 0.717) is 17.9 Å². The lowest BCUT2D eigenvalue weighted by Gasteiger charge is -2.11. The van der Waals surface area contributed by atoms with Gasteiger partial charge in [-0.3, -0.25) is 9.78 Å². The highest BCUT2D eigenvalue weighted by Crippen LogP contribution is 2.13. The van der Waals surface area contributed by atoms with Gasteiger partial charge in [0.15, 0.2) is 0 Å². The van der Waals surface area contributed by atoms with Crippen LogP contribution in [-0.4, -0.2) is 29.0 Å². The Balaban J connectivity index is 2.08. The predicted molar refractivity (Wildman–Crippen MR) is 59.0 cm³/mol. The van der Waals surface area contributed by atoms with Crippen molar-refractivity contribution in [2.45, 2.75) is 6.42 Å². The summed E-state index contributed by atoms with van der Waals surface area (Å²) < 4.78 is 5.10. The maximum absolute atomic E-state index is 11.6. The average Bonchev–Trinajstić information content (AvgIpc) is 2.31. The fourth-order valence-corrected chi connectivity index (χ4v) is 1.82. The molecule has 15 heavy (non-hydrogen) atoms. The zero-order chi connectivity index (χ0) is 10.5. The lowest BCUT2D eigenvalue weighted by Crippen LogP contribution is -2.14. The smallest absolute Gasteiger partial charge is 0.278 e. The molecule has 1 aliphatic rings. The molecule has 0 spiro atoms. The Bertz CT molecular complexity index is 370. The second-order valence-electron chi connectivity index (χ2n) is 3.06. The van der Waals surface area contributed by atoms with E-state index < -0.39 is 0 Å². The monoisotopic (exact) mass is 222 g/mol. The molecule has 5 heteroatoms. The maximum Gasteiger partial charge on any atom is 0.278 e. The van der Waals surface area contributed by atoms with Crippen molar-refractivity contribution in [1.82, 2.24) is 4.98 Å². The summed E-state index contributed by atoms with van der Waals surface area (Å²) in [5.74, 6) is 0.451. The van der Waals surface area contributed by atoms with Gasteiger partial charge >= 0.3 is 0 Å². The van der Waals surface area contributed by atoms with Gasteiger partial charge in [0, 0.05) is 24.5 Å². The van der Waals surface area contributed by atoms with E-state index in [1.807, 2.05) is 0 Å². The van der Waals surface area contributed by atoms with E-state index in [2.05, 4.69) is 9.98 Å². The second-order valence-corrected chi connectivity index (χ2v) is 3.82. The lowest BCUT2D eigenvalue weighted by molar-refractivity contribution is 0.100. The van der Waals surface area contributed by atoms with E-state index in [1.54, 1.807) is 18.3 Å². The first-order valence-electron chi connectivity index (χ1n) is 4.61. The number of aliphatic imine (C=N–C) groups is 1. The number of pyridine rings is 1. The van der Waals surface area contributed by atoms with E-state index in [9.17, 15) is 4.79 Å². The van der Waals surface area contributed by atoms with Gasteiger partial charge in [-0.05, 0) is 24.2 Å². The Labute approximate surface area is 92.0 Å². The van der Waals surface area contributed by atoms with E-state index in [1.165, 1.54) is 18.2 Å². The molecule has 2 rings (SSSR count). The highest BCUT2D eigenvalue weighted by Gasteiger charge is 2.11. The van der Waals surface area contributed by atoms with Crippen LogP contribution < -0.4 is 0 Å². The number of amides is 1. The largest absolute Gasteiger partial charge is 0.315 e. The van der Waals surface area contributed by atoms with Crippen molar-refractivity contribution in [2.75, 3.05) is 12.4 Å². The van der Waals surface area contributed by atoms with Crippen molar-refractivity contribution < 1.29 is 8.98 Å². The third kappa shape index (κ3) is 2.87. The van der Waals surface area contributed by atoms with Gasteiger partial charge < -0.3 is 4.18 Å². The Hall–Kier alpha value is -1.20. The van der Waals surface area contributed by atoms with Crippen LogP contribution in [0.5, 0.6) is 0 Å². The molecule has 1 fully saturated rings. The minimum atomic E-state index is -0.222. The third-order valence-electron chi connectivity index (χ3n) is 1.95. The Morgan fingerprint density at radius 3 is 3.20 bits per heavy atom. The van der Waals surface area contributed by atoms with Gasteiger partial charge in [0.2, 0.25) is 0 Å². The molecule has 1 saturated heterocycles. The summed E-state index contributed by atoms with van der Waals surface area (Å²) in [4.78, 5) is 19.6. The van der Waals surface area contributed by atoms with Crippen molar-refractivity contribution in [2.24, 2.45) is 4.99 Å². The molecule has 78 valence electrons. The number of hydrogen-bond donors (Lipinski definition) is 0. The molecule has 1 aromatic rings. The number of hydrogen-bond acceptors (Lipinski definition) is 4. The first-order chi connectivity index (χ1) is 7.36. The molecular formula is C10H10N2O2S. The molecule has 0 bridgehead atoms. The zero-order valence-corrected chi connectivity index (χ0v) is 8.87. The second kappa shape index (κ2) is 5.04. The SMILES string of the molecule is O=C(N=C1CCOSC1)c1cccnc1. The molecule has 0 aliphatic carbocycles. The number of rotatable bonds is 1. The molecule has 0 saturated carbocycles. The van der Waals surface area contributed by atoms with Gasteiger partial charge in [0.25, 0.3) is 5.91 Å². The molecule has 4 nitrogen and oxygen atoms in total. The zero-order valence-electron chi connectivity index (χ0n) is 8.05. The summed E-state index contributed by atoms with van der Waals surface area (Å²) in [6.45, 7) is 0.629. The van der Waals surface area contributed by atoms with E-state index in [0.717, 1.165) is 12.1 Å². The van der Waals surface area contributed by atoms with Gasteiger partial charge in [-0.1, -0.05) is 0 Å². The molecule has 0 aromatic carbocycles. The maximum atomic E-state index is 11.6. The number of aromatic nitrogens is 1. The summed E-state index contributed by atoms with van der Waals surface area (Å²) in [5, 5.41) is 0. The van der Waals surface area contributed by atoms with Crippen molar-refractivity contribution in [3.05, 3.63) is 30.1 Å². The minimum Gasteiger partial charge on any atom is -0.315 e. The molecule has 1 aromatic heterocycles. The standard InChI is InChI=1S/C10H10N2O2S/c13-10(8-2-1-4-11-6-8)12-9-3-5-14-15-7-9/h1-2,4,6H,3,5,7H2. The first-order valence-corrected chi connectivity index (χ1v) is 5.52. The topological polar surface area (TPSA) is 51.5 Å². The van der Waals surface area contributed by atoms with Crippen LogP contribution >= 0.6 is 12.0 Å². The van der Waals surface area contributed by atoms with Gasteiger partial charge in [-0.15, -0.1) is 0 Å². The Morgan fingerprint density at radius 2 is 2.53 bits per heavy atom.